The quantitative estimate of drug-likeness (QED) is 0.193. The lowest BCUT2D eigenvalue weighted by molar-refractivity contribution is -0.153. The van der Waals surface area contributed by atoms with E-state index < -0.39 is 69.6 Å². The van der Waals surface area contributed by atoms with Gasteiger partial charge in [0.25, 0.3) is 5.91 Å². The van der Waals surface area contributed by atoms with Gasteiger partial charge >= 0.3 is 0 Å². The van der Waals surface area contributed by atoms with E-state index in [-0.39, 0.29) is 47.6 Å². The Balaban J connectivity index is 0.00000306. The molecule has 33 heavy (non-hydrogen) atoms. The molecule has 4 atom stereocenters. The summed E-state index contributed by atoms with van der Waals surface area (Å²) in [5, 5.41) is 43.2. The summed E-state index contributed by atoms with van der Waals surface area (Å²) in [4.78, 5) is 39.7. The number of hydrogen-bond donors (Lipinski definition) is 6. The van der Waals surface area contributed by atoms with Crippen LogP contribution in [-0.2, 0) is 20.8 Å². The number of aliphatic hydroxyl groups excluding tert-OH is 2. The second-order valence-electron chi connectivity index (χ2n) is 8.61. The number of amides is 1. The predicted octanol–water partition coefficient (Wildman–Crippen LogP) is 0.107. The Kier molecular flexibility index (Phi) is 5.73. The van der Waals surface area contributed by atoms with E-state index in [0.29, 0.717) is 6.07 Å². The SMILES string of the molecule is CN(C)C1C(=O)C(C(N)=O)=C(O)C2(O)C(=O)C3=C(O)c4c(O)cc(F)c(N)c4CC3CC12.Cl. The van der Waals surface area contributed by atoms with E-state index in [0.717, 1.165) is 0 Å². The van der Waals surface area contributed by atoms with Crippen molar-refractivity contribution in [3.05, 3.63) is 39.9 Å². The van der Waals surface area contributed by atoms with Crippen molar-refractivity contribution in [1.82, 2.24) is 4.90 Å². The maximum Gasteiger partial charge on any atom is 0.255 e. The summed E-state index contributed by atoms with van der Waals surface area (Å²) in [6.07, 6.45) is -0.159. The number of phenols is 1. The first-order valence-corrected chi connectivity index (χ1v) is 9.78. The molecule has 1 aromatic carbocycles. The van der Waals surface area contributed by atoms with Crippen LogP contribution in [0.2, 0.25) is 0 Å². The summed E-state index contributed by atoms with van der Waals surface area (Å²) in [5.41, 5.74) is 6.66. The highest BCUT2D eigenvalue weighted by atomic mass is 35.5. The highest BCUT2D eigenvalue weighted by Crippen LogP contribution is 2.53. The van der Waals surface area contributed by atoms with Crippen LogP contribution < -0.4 is 11.5 Å². The van der Waals surface area contributed by atoms with Crippen molar-refractivity contribution in [2.75, 3.05) is 19.8 Å². The lowest BCUT2D eigenvalue weighted by atomic mass is 9.57. The third kappa shape index (κ3) is 3.03. The molecular weight excluding hydrogens is 461 g/mol. The van der Waals surface area contributed by atoms with Gasteiger partial charge in [0.15, 0.2) is 11.4 Å². The van der Waals surface area contributed by atoms with Crippen LogP contribution in [0.25, 0.3) is 5.76 Å². The number of rotatable bonds is 2. The summed E-state index contributed by atoms with van der Waals surface area (Å²) in [5.74, 6) is -8.75. The average Bonchev–Trinajstić information content (AvgIpc) is 2.68. The molecular formula is C21H23ClFN3O7. The van der Waals surface area contributed by atoms with Crippen molar-refractivity contribution in [2.24, 2.45) is 17.6 Å². The van der Waals surface area contributed by atoms with Crippen LogP contribution in [0.15, 0.2) is 23.0 Å². The van der Waals surface area contributed by atoms with Crippen molar-refractivity contribution in [3.8, 4) is 5.75 Å². The molecule has 10 nitrogen and oxygen atoms in total. The van der Waals surface area contributed by atoms with E-state index >= 15 is 0 Å². The Morgan fingerprint density at radius 2 is 1.85 bits per heavy atom. The third-order valence-electron chi connectivity index (χ3n) is 6.72. The van der Waals surface area contributed by atoms with Crippen LogP contribution in [-0.4, -0.2) is 68.5 Å². The van der Waals surface area contributed by atoms with Gasteiger partial charge in [-0.2, -0.15) is 0 Å². The van der Waals surface area contributed by atoms with Crippen molar-refractivity contribution >= 4 is 41.3 Å². The predicted molar refractivity (Wildman–Crippen MR) is 116 cm³/mol. The Morgan fingerprint density at radius 1 is 1.24 bits per heavy atom. The summed E-state index contributed by atoms with van der Waals surface area (Å²) < 4.78 is 14.1. The molecule has 178 valence electrons. The minimum atomic E-state index is -2.72. The molecule has 0 aromatic heterocycles. The zero-order valence-electron chi connectivity index (χ0n) is 17.6. The van der Waals surface area contributed by atoms with Crippen LogP contribution in [0.4, 0.5) is 10.1 Å². The van der Waals surface area contributed by atoms with Gasteiger partial charge in [0, 0.05) is 17.6 Å². The number of nitrogens with two attached hydrogens (primary N) is 2. The topological polar surface area (TPSA) is 187 Å². The summed E-state index contributed by atoms with van der Waals surface area (Å²) in [6.45, 7) is 0. The van der Waals surface area contributed by atoms with Gasteiger partial charge in [0.2, 0.25) is 5.78 Å². The number of benzene rings is 1. The normalized spacial score (nSPS) is 28.8. The van der Waals surface area contributed by atoms with Crippen molar-refractivity contribution < 1.29 is 39.2 Å². The molecule has 0 heterocycles. The molecule has 1 amide bonds. The van der Waals surface area contributed by atoms with Crippen LogP contribution in [0, 0.1) is 17.7 Å². The number of fused-ring (bicyclic) bond motifs is 3. The fraction of sp³-hybridized carbons (Fsp3) is 0.381. The van der Waals surface area contributed by atoms with Crippen LogP contribution in [0.3, 0.4) is 0 Å². The average molecular weight is 484 g/mol. The molecule has 1 saturated carbocycles. The summed E-state index contributed by atoms with van der Waals surface area (Å²) in [7, 11) is 3.00. The van der Waals surface area contributed by atoms with E-state index in [2.05, 4.69) is 0 Å². The van der Waals surface area contributed by atoms with Crippen LogP contribution in [0.1, 0.15) is 17.5 Å². The lowest BCUT2D eigenvalue weighted by Crippen LogP contribution is -2.65. The minimum Gasteiger partial charge on any atom is -0.508 e. The number of aromatic hydroxyl groups is 1. The van der Waals surface area contributed by atoms with Gasteiger partial charge in [-0.1, -0.05) is 0 Å². The van der Waals surface area contributed by atoms with E-state index in [1.807, 2.05) is 0 Å². The highest BCUT2D eigenvalue weighted by Gasteiger charge is 2.64. The van der Waals surface area contributed by atoms with Gasteiger partial charge in [0.05, 0.1) is 17.3 Å². The van der Waals surface area contributed by atoms with E-state index in [1.54, 1.807) is 0 Å². The maximum atomic E-state index is 14.1. The first-order valence-electron chi connectivity index (χ1n) is 9.78. The monoisotopic (exact) mass is 483 g/mol. The Morgan fingerprint density at radius 3 is 2.39 bits per heavy atom. The zero-order chi connectivity index (χ0) is 23.9. The first kappa shape index (κ1) is 24.5. The van der Waals surface area contributed by atoms with E-state index in [1.165, 1.54) is 19.0 Å². The number of Topliss-reactive ketones (excluding diaryl/α,β-unsaturated/α-hetero) is 2. The Labute approximate surface area is 193 Å². The molecule has 4 rings (SSSR count). The molecule has 0 radical (unpaired) electrons. The molecule has 0 spiro atoms. The molecule has 3 aliphatic rings. The number of likely N-dealkylation sites (N-methyl/N-ethyl adjacent to an activating group) is 1. The number of ketones is 2. The molecule has 12 heteroatoms. The van der Waals surface area contributed by atoms with E-state index in [4.69, 9.17) is 11.5 Å². The largest absolute Gasteiger partial charge is 0.508 e. The number of nitrogen functional groups attached to an aromatic ring is 1. The third-order valence-corrected chi connectivity index (χ3v) is 6.72. The molecule has 1 fully saturated rings. The number of phenolic OH excluding ortho intramolecular Hbond substituents is 1. The van der Waals surface area contributed by atoms with Crippen molar-refractivity contribution in [2.45, 2.75) is 24.5 Å². The second kappa shape index (κ2) is 7.72. The lowest BCUT2D eigenvalue weighted by Gasteiger charge is -2.50. The Hall–Kier alpha value is -3.15. The van der Waals surface area contributed by atoms with Gasteiger partial charge in [-0.25, -0.2) is 4.39 Å². The number of anilines is 1. The molecule has 1 aromatic rings. The second-order valence-corrected chi connectivity index (χ2v) is 8.61. The molecule has 0 bridgehead atoms. The summed E-state index contributed by atoms with van der Waals surface area (Å²) >= 11 is 0. The smallest absolute Gasteiger partial charge is 0.255 e. The molecule has 0 aliphatic heterocycles. The van der Waals surface area contributed by atoms with Gasteiger partial charge < -0.3 is 31.9 Å². The summed E-state index contributed by atoms with van der Waals surface area (Å²) in [6, 6.07) is -0.495. The zero-order valence-corrected chi connectivity index (χ0v) is 18.4. The number of carbonyl (C=O) groups excluding carboxylic acids is 3. The number of halogens is 2. The number of aliphatic hydroxyl groups is 3. The standard InChI is InChI=1S/C21H22FN3O7.ClH/c1-25(2)15-8-4-6-3-7-12(10(26)5-9(22)14(7)23)16(27)11(6)18(29)21(8,32)19(30)13(17(15)28)20(24)31;/h5-6,8,15,26-27,30,32H,3-4,23H2,1-2H3,(H2,24,31);1H. The van der Waals surface area contributed by atoms with Crippen molar-refractivity contribution in [3.63, 3.8) is 0 Å². The molecule has 4 unspecified atom stereocenters. The number of nitrogens with zero attached hydrogens (tertiary/aromatic N) is 1. The fourth-order valence-corrected chi connectivity index (χ4v) is 5.31. The van der Waals surface area contributed by atoms with Crippen molar-refractivity contribution in [1.29, 1.82) is 0 Å². The molecule has 3 aliphatic carbocycles. The number of primary amides is 1. The fourth-order valence-electron chi connectivity index (χ4n) is 5.31. The van der Waals surface area contributed by atoms with Gasteiger partial charge in [-0.05, 0) is 38.4 Å². The van der Waals surface area contributed by atoms with Gasteiger partial charge in [-0.15, -0.1) is 12.4 Å². The van der Waals surface area contributed by atoms with Gasteiger partial charge in [-0.3, -0.25) is 19.3 Å². The molecule has 8 N–H and O–H groups in total. The maximum absolute atomic E-state index is 14.1. The minimum absolute atomic E-state index is 0. The van der Waals surface area contributed by atoms with E-state index in [9.17, 15) is 39.2 Å². The van der Waals surface area contributed by atoms with Crippen LogP contribution >= 0.6 is 12.4 Å². The number of carbonyl (C=O) groups is 3. The van der Waals surface area contributed by atoms with Crippen LogP contribution in [0.5, 0.6) is 5.75 Å². The first-order chi connectivity index (χ1) is 14.8. The highest BCUT2D eigenvalue weighted by molar-refractivity contribution is 6.24. The molecule has 0 saturated heterocycles. The van der Waals surface area contributed by atoms with Gasteiger partial charge in [0.1, 0.15) is 28.7 Å². The Bertz CT molecular complexity index is 1180. The number of hydrogen-bond acceptors (Lipinski definition) is 9.